The van der Waals surface area contributed by atoms with E-state index in [-0.39, 0.29) is 0 Å². The van der Waals surface area contributed by atoms with Crippen molar-refractivity contribution in [2.24, 2.45) is 0 Å². The second-order valence-corrected chi connectivity index (χ2v) is 3.12. The summed E-state index contributed by atoms with van der Waals surface area (Å²) in [7, 11) is 0. The number of unbranched alkanes of at least 4 members (excludes halogenated alkanes) is 3. The van der Waals surface area contributed by atoms with Gasteiger partial charge < -0.3 is 5.32 Å². The quantitative estimate of drug-likeness (QED) is 0.557. The first kappa shape index (κ1) is 10.5. The molecule has 11 heavy (non-hydrogen) atoms. The third kappa shape index (κ3) is 7.44. The van der Waals surface area contributed by atoms with Gasteiger partial charge in [-0.3, -0.25) is 0 Å². The molecule has 1 nitrogen and oxygen atoms in total. The molecule has 0 aromatic rings. The molecule has 0 fully saturated rings. The van der Waals surface area contributed by atoms with E-state index in [2.05, 4.69) is 25.7 Å². The lowest BCUT2D eigenvalue weighted by molar-refractivity contribution is 0.532. The third-order valence-electron chi connectivity index (χ3n) is 1.89. The van der Waals surface area contributed by atoms with Crippen LogP contribution in [-0.2, 0) is 0 Å². The van der Waals surface area contributed by atoms with Gasteiger partial charge in [-0.05, 0) is 19.5 Å². The van der Waals surface area contributed by atoms with E-state index < -0.39 is 0 Å². The molecule has 0 saturated carbocycles. The van der Waals surface area contributed by atoms with Crippen LogP contribution in [0.15, 0.2) is 12.8 Å². The summed E-state index contributed by atoms with van der Waals surface area (Å²) in [5, 5.41) is 3.19. The van der Waals surface area contributed by atoms with Gasteiger partial charge in [0.2, 0.25) is 0 Å². The van der Waals surface area contributed by atoms with Gasteiger partial charge in [0.15, 0.2) is 0 Å². The molecule has 0 aliphatic heterocycles. The molecule has 0 aliphatic carbocycles. The molecule has 0 aromatic heterocycles. The smallest absolute Gasteiger partial charge is 0.0227 e. The van der Waals surface area contributed by atoms with Crippen LogP contribution in [0.5, 0.6) is 0 Å². The zero-order chi connectivity index (χ0) is 8.53. The maximum Gasteiger partial charge on any atom is 0.0227 e. The van der Waals surface area contributed by atoms with Crippen LogP contribution in [0.25, 0.3) is 0 Å². The highest BCUT2D eigenvalue weighted by Gasteiger charge is 1.96. The molecule has 0 unspecified atom stereocenters. The summed E-state index contributed by atoms with van der Waals surface area (Å²) in [6, 6.07) is 0.601. The van der Waals surface area contributed by atoms with Gasteiger partial charge in [-0.1, -0.05) is 39.2 Å². The van der Waals surface area contributed by atoms with E-state index in [4.69, 9.17) is 0 Å². The molecule has 1 N–H and O–H groups in total. The van der Waals surface area contributed by atoms with Gasteiger partial charge in [-0.25, -0.2) is 0 Å². The van der Waals surface area contributed by atoms with E-state index >= 15 is 0 Å². The highest BCUT2D eigenvalue weighted by atomic mass is 14.9. The SMILES string of the molecule is C=CN[C@H](C)CCCCCC. The fourth-order valence-electron chi connectivity index (χ4n) is 1.16. The maximum atomic E-state index is 3.63. The Morgan fingerprint density at radius 3 is 2.64 bits per heavy atom. The molecule has 1 atom stereocenters. The Morgan fingerprint density at radius 1 is 1.36 bits per heavy atom. The fourth-order valence-corrected chi connectivity index (χ4v) is 1.16. The minimum absolute atomic E-state index is 0.601. The Morgan fingerprint density at radius 2 is 2.09 bits per heavy atom. The van der Waals surface area contributed by atoms with E-state index in [1.54, 1.807) is 6.20 Å². The molecule has 0 amide bonds. The minimum atomic E-state index is 0.601. The van der Waals surface area contributed by atoms with Gasteiger partial charge in [-0.15, -0.1) is 0 Å². The van der Waals surface area contributed by atoms with Gasteiger partial charge in [0.25, 0.3) is 0 Å². The molecule has 66 valence electrons. The summed E-state index contributed by atoms with van der Waals surface area (Å²) in [6.07, 6.45) is 8.47. The highest BCUT2D eigenvalue weighted by molar-refractivity contribution is 4.69. The predicted octanol–water partition coefficient (Wildman–Crippen LogP) is 3.08. The Bertz CT molecular complexity index is 88.9. The van der Waals surface area contributed by atoms with Gasteiger partial charge in [0, 0.05) is 6.04 Å². The van der Waals surface area contributed by atoms with Crippen molar-refractivity contribution in [2.75, 3.05) is 0 Å². The summed E-state index contributed by atoms with van der Waals surface area (Å²) in [6.45, 7) is 8.08. The lowest BCUT2D eigenvalue weighted by Crippen LogP contribution is -2.19. The van der Waals surface area contributed by atoms with Crippen molar-refractivity contribution < 1.29 is 0 Å². The largest absolute Gasteiger partial charge is 0.389 e. The Kier molecular flexibility index (Phi) is 7.33. The summed E-state index contributed by atoms with van der Waals surface area (Å²) in [5.74, 6) is 0. The first-order chi connectivity index (χ1) is 5.31. The standard InChI is InChI=1S/C10H21N/c1-4-6-7-8-9-10(3)11-5-2/h5,10-11H,2,4,6-9H2,1,3H3/t10-/m1/s1. The molecule has 0 spiro atoms. The van der Waals surface area contributed by atoms with Crippen LogP contribution in [0.3, 0.4) is 0 Å². The zero-order valence-corrected chi connectivity index (χ0v) is 7.90. The van der Waals surface area contributed by atoms with Crippen LogP contribution >= 0.6 is 0 Å². The second kappa shape index (κ2) is 7.64. The maximum absolute atomic E-state index is 3.63. The van der Waals surface area contributed by atoms with E-state index in [9.17, 15) is 0 Å². The van der Waals surface area contributed by atoms with Crippen LogP contribution in [0.2, 0.25) is 0 Å². The highest BCUT2D eigenvalue weighted by Crippen LogP contribution is 2.04. The average molecular weight is 155 g/mol. The zero-order valence-electron chi connectivity index (χ0n) is 7.90. The Labute approximate surface area is 70.9 Å². The normalized spacial score (nSPS) is 12.5. The minimum Gasteiger partial charge on any atom is -0.389 e. The van der Waals surface area contributed by atoms with Gasteiger partial charge >= 0.3 is 0 Å². The molecule has 0 radical (unpaired) electrons. The van der Waals surface area contributed by atoms with Crippen LogP contribution < -0.4 is 5.32 Å². The van der Waals surface area contributed by atoms with Crippen molar-refractivity contribution in [3.05, 3.63) is 12.8 Å². The Balaban J connectivity index is 3.03. The third-order valence-corrected chi connectivity index (χ3v) is 1.89. The number of nitrogens with one attached hydrogen (secondary N) is 1. The molecule has 0 aliphatic rings. The monoisotopic (exact) mass is 155 g/mol. The fraction of sp³-hybridized carbons (Fsp3) is 0.800. The van der Waals surface area contributed by atoms with Gasteiger partial charge in [0.1, 0.15) is 0 Å². The van der Waals surface area contributed by atoms with E-state index in [0.717, 1.165) is 0 Å². The lowest BCUT2D eigenvalue weighted by atomic mass is 10.1. The van der Waals surface area contributed by atoms with Gasteiger partial charge in [0.05, 0.1) is 0 Å². The van der Waals surface area contributed by atoms with E-state index in [0.29, 0.717) is 6.04 Å². The Hall–Kier alpha value is -0.460. The first-order valence-electron chi connectivity index (χ1n) is 4.68. The van der Waals surface area contributed by atoms with Crippen LogP contribution in [0.4, 0.5) is 0 Å². The van der Waals surface area contributed by atoms with Crippen LogP contribution in [0, 0.1) is 0 Å². The van der Waals surface area contributed by atoms with E-state index in [1.165, 1.54) is 32.1 Å². The van der Waals surface area contributed by atoms with Crippen molar-refractivity contribution in [3.63, 3.8) is 0 Å². The summed E-state index contributed by atoms with van der Waals surface area (Å²) < 4.78 is 0. The topological polar surface area (TPSA) is 12.0 Å². The van der Waals surface area contributed by atoms with E-state index in [1.807, 2.05) is 0 Å². The van der Waals surface area contributed by atoms with Gasteiger partial charge in [-0.2, -0.15) is 0 Å². The lowest BCUT2D eigenvalue weighted by Gasteiger charge is -2.10. The van der Waals surface area contributed by atoms with Crippen LogP contribution in [0.1, 0.15) is 46.0 Å². The molecule has 0 bridgehead atoms. The number of hydrogen-bond acceptors (Lipinski definition) is 1. The van der Waals surface area contributed by atoms with Crippen molar-refractivity contribution in [2.45, 2.75) is 52.0 Å². The first-order valence-corrected chi connectivity index (χ1v) is 4.68. The summed E-state index contributed by atoms with van der Waals surface area (Å²) >= 11 is 0. The molecule has 0 aromatic carbocycles. The molecule has 0 heterocycles. The molecular formula is C10H21N. The van der Waals surface area contributed by atoms with Crippen molar-refractivity contribution >= 4 is 0 Å². The number of rotatable bonds is 7. The second-order valence-electron chi connectivity index (χ2n) is 3.12. The average Bonchev–Trinajstić information content (AvgIpc) is 1.99. The summed E-state index contributed by atoms with van der Waals surface area (Å²) in [5.41, 5.74) is 0. The molecule has 0 rings (SSSR count). The van der Waals surface area contributed by atoms with Crippen molar-refractivity contribution in [1.82, 2.24) is 5.32 Å². The molecular weight excluding hydrogens is 134 g/mol. The predicted molar refractivity (Wildman–Crippen MR) is 51.6 cm³/mol. The number of hydrogen-bond donors (Lipinski definition) is 1. The molecule has 1 heteroatoms. The summed E-state index contributed by atoms with van der Waals surface area (Å²) in [4.78, 5) is 0. The van der Waals surface area contributed by atoms with Crippen LogP contribution in [-0.4, -0.2) is 6.04 Å². The van der Waals surface area contributed by atoms with Crippen molar-refractivity contribution in [3.8, 4) is 0 Å². The molecule has 0 saturated heterocycles. The van der Waals surface area contributed by atoms with Crippen molar-refractivity contribution in [1.29, 1.82) is 0 Å².